The Bertz CT molecular complexity index is 948. The molecule has 2 aromatic heterocycles. The maximum atomic E-state index is 14.1. The third kappa shape index (κ3) is 3.69. The lowest BCUT2D eigenvalue weighted by Crippen LogP contribution is -2.39. The summed E-state index contributed by atoms with van der Waals surface area (Å²) in [7, 11) is 0. The SMILES string of the molecule is O=C(c1cnccn1)N1CCC[C@@H](c2cccc(-c3ccccc3F)n2)C1. The standard InChI is InChI=1S/C21H19FN4O/c22-17-7-2-1-6-16(17)19-9-3-8-18(25-19)15-5-4-12-26(14-15)21(27)20-13-23-10-11-24-20/h1-3,6-11,13,15H,4-5,12,14H2/t15-/m1/s1. The van der Waals surface area contributed by atoms with Crippen LogP contribution in [0.1, 0.15) is 34.9 Å². The Morgan fingerprint density at radius 1 is 1.11 bits per heavy atom. The van der Waals surface area contributed by atoms with E-state index in [0.29, 0.717) is 30.0 Å². The van der Waals surface area contributed by atoms with E-state index in [9.17, 15) is 9.18 Å². The highest BCUT2D eigenvalue weighted by Crippen LogP contribution is 2.29. The van der Waals surface area contributed by atoms with Crippen molar-refractivity contribution < 1.29 is 9.18 Å². The van der Waals surface area contributed by atoms with Crippen LogP contribution in [0.3, 0.4) is 0 Å². The van der Waals surface area contributed by atoms with E-state index in [1.54, 1.807) is 29.3 Å². The highest BCUT2D eigenvalue weighted by molar-refractivity contribution is 5.92. The van der Waals surface area contributed by atoms with Gasteiger partial charge in [-0.05, 0) is 37.1 Å². The summed E-state index contributed by atoms with van der Waals surface area (Å²) in [6.45, 7) is 1.27. The molecule has 0 radical (unpaired) electrons. The van der Waals surface area contributed by atoms with Gasteiger partial charge < -0.3 is 4.90 Å². The van der Waals surface area contributed by atoms with Gasteiger partial charge in [0, 0.05) is 42.7 Å². The maximum absolute atomic E-state index is 14.1. The second-order valence-electron chi connectivity index (χ2n) is 6.61. The van der Waals surface area contributed by atoms with Crippen LogP contribution in [0, 0.1) is 5.82 Å². The molecule has 0 N–H and O–H groups in total. The van der Waals surface area contributed by atoms with E-state index in [4.69, 9.17) is 0 Å². The summed E-state index contributed by atoms with van der Waals surface area (Å²) in [5.74, 6) is -0.283. The average molecular weight is 362 g/mol. The normalized spacial score (nSPS) is 16.9. The fraction of sp³-hybridized carbons (Fsp3) is 0.238. The summed E-state index contributed by atoms with van der Waals surface area (Å²) in [6, 6.07) is 12.3. The van der Waals surface area contributed by atoms with Crippen LogP contribution in [-0.2, 0) is 0 Å². The second kappa shape index (κ2) is 7.61. The van der Waals surface area contributed by atoms with Crippen LogP contribution < -0.4 is 0 Å². The first kappa shape index (κ1) is 17.3. The molecule has 4 rings (SSSR count). The lowest BCUT2D eigenvalue weighted by Gasteiger charge is -2.32. The summed E-state index contributed by atoms with van der Waals surface area (Å²) in [6.07, 6.45) is 6.39. The Balaban J connectivity index is 1.56. The molecular weight excluding hydrogens is 343 g/mol. The van der Waals surface area contributed by atoms with Gasteiger partial charge in [0.2, 0.25) is 0 Å². The number of pyridine rings is 1. The van der Waals surface area contributed by atoms with Crippen molar-refractivity contribution in [2.75, 3.05) is 13.1 Å². The van der Waals surface area contributed by atoms with Crippen LogP contribution in [0.5, 0.6) is 0 Å². The summed E-state index contributed by atoms with van der Waals surface area (Å²) < 4.78 is 14.1. The van der Waals surface area contributed by atoms with Gasteiger partial charge in [0.1, 0.15) is 11.5 Å². The van der Waals surface area contributed by atoms with E-state index in [1.165, 1.54) is 18.5 Å². The zero-order valence-electron chi connectivity index (χ0n) is 14.8. The summed E-state index contributed by atoms with van der Waals surface area (Å²) >= 11 is 0. The van der Waals surface area contributed by atoms with Crippen LogP contribution in [-0.4, -0.2) is 38.8 Å². The third-order valence-corrected chi connectivity index (χ3v) is 4.83. The Kier molecular flexibility index (Phi) is 4.87. The van der Waals surface area contributed by atoms with Crippen molar-refractivity contribution >= 4 is 5.91 Å². The largest absolute Gasteiger partial charge is 0.337 e. The first-order valence-corrected chi connectivity index (χ1v) is 8.99. The van der Waals surface area contributed by atoms with Crippen LogP contribution in [0.25, 0.3) is 11.3 Å². The van der Waals surface area contributed by atoms with Crippen LogP contribution in [0.15, 0.2) is 61.1 Å². The average Bonchev–Trinajstić information content (AvgIpc) is 2.74. The van der Waals surface area contributed by atoms with E-state index < -0.39 is 0 Å². The van der Waals surface area contributed by atoms with Gasteiger partial charge in [-0.3, -0.25) is 14.8 Å². The van der Waals surface area contributed by atoms with Crippen LogP contribution >= 0.6 is 0 Å². The quantitative estimate of drug-likeness (QED) is 0.713. The number of amides is 1. The summed E-state index contributed by atoms with van der Waals surface area (Å²) in [4.78, 5) is 27.2. The van der Waals surface area contributed by atoms with Gasteiger partial charge in [0.15, 0.2) is 0 Å². The van der Waals surface area contributed by atoms with E-state index in [0.717, 1.165) is 18.5 Å². The monoisotopic (exact) mass is 362 g/mol. The molecule has 1 atom stereocenters. The first-order chi connectivity index (χ1) is 13.2. The zero-order chi connectivity index (χ0) is 18.6. The van der Waals surface area contributed by atoms with Crippen molar-refractivity contribution in [2.24, 2.45) is 0 Å². The van der Waals surface area contributed by atoms with Crippen molar-refractivity contribution in [2.45, 2.75) is 18.8 Å². The van der Waals surface area contributed by atoms with E-state index in [2.05, 4.69) is 15.0 Å². The number of hydrogen-bond acceptors (Lipinski definition) is 4. The first-order valence-electron chi connectivity index (χ1n) is 8.99. The van der Waals surface area contributed by atoms with Gasteiger partial charge in [0.25, 0.3) is 5.91 Å². The van der Waals surface area contributed by atoms with Crippen molar-refractivity contribution in [1.29, 1.82) is 0 Å². The topological polar surface area (TPSA) is 59.0 Å². The van der Waals surface area contributed by atoms with Gasteiger partial charge in [-0.1, -0.05) is 18.2 Å². The molecular formula is C21H19FN4O. The third-order valence-electron chi connectivity index (χ3n) is 4.83. The fourth-order valence-corrected chi connectivity index (χ4v) is 3.47. The highest BCUT2D eigenvalue weighted by atomic mass is 19.1. The predicted octanol–water partition coefficient (Wildman–Crippen LogP) is 3.70. The maximum Gasteiger partial charge on any atom is 0.274 e. The minimum absolute atomic E-state index is 0.113. The molecule has 1 aromatic carbocycles. The number of nitrogens with zero attached hydrogens (tertiary/aromatic N) is 4. The number of rotatable bonds is 3. The van der Waals surface area contributed by atoms with Gasteiger partial charge in [-0.2, -0.15) is 0 Å². The van der Waals surface area contributed by atoms with Crippen molar-refractivity contribution in [1.82, 2.24) is 19.9 Å². The molecule has 0 spiro atoms. The molecule has 5 nitrogen and oxygen atoms in total. The molecule has 27 heavy (non-hydrogen) atoms. The summed E-state index contributed by atoms with van der Waals surface area (Å²) in [5, 5.41) is 0. The predicted molar refractivity (Wildman–Crippen MR) is 99.5 cm³/mol. The number of likely N-dealkylation sites (tertiary alicyclic amines) is 1. The molecule has 3 heterocycles. The molecule has 1 saturated heterocycles. The van der Waals surface area contributed by atoms with E-state index in [-0.39, 0.29) is 17.6 Å². The molecule has 1 fully saturated rings. The van der Waals surface area contributed by atoms with Crippen molar-refractivity contribution in [3.8, 4) is 11.3 Å². The summed E-state index contributed by atoms with van der Waals surface area (Å²) in [5.41, 5.74) is 2.34. The number of benzene rings is 1. The number of carbonyl (C=O) groups is 1. The Labute approximate surface area is 156 Å². The van der Waals surface area contributed by atoms with Crippen molar-refractivity contribution in [3.63, 3.8) is 0 Å². The minimum atomic E-state index is -0.287. The molecule has 0 saturated carbocycles. The molecule has 0 aliphatic carbocycles. The number of hydrogen-bond donors (Lipinski definition) is 0. The Hall–Kier alpha value is -3.15. The lowest BCUT2D eigenvalue weighted by atomic mass is 9.93. The lowest BCUT2D eigenvalue weighted by molar-refractivity contribution is 0.0699. The molecule has 1 aliphatic rings. The van der Waals surface area contributed by atoms with Gasteiger partial charge in [-0.25, -0.2) is 9.37 Å². The van der Waals surface area contributed by atoms with Crippen LogP contribution in [0.4, 0.5) is 4.39 Å². The number of aromatic nitrogens is 3. The smallest absolute Gasteiger partial charge is 0.274 e. The molecule has 3 aromatic rings. The van der Waals surface area contributed by atoms with E-state index >= 15 is 0 Å². The number of halogens is 1. The molecule has 0 unspecified atom stereocenters. The highest BCUT2D eigenvalue weighted by Gasteiger charge is 2.27. The van der Waals surface area contributed by atoms with Crippen LogP contribution in [0.2, 0.25) is 0 Å². The zero-order valence-corrected chi connectivity index (χ0v) is 14.8. The molecule has 136 valence electrons. The number of piperidine rings is 1. The Morgan fingerprint density at radius 3 is 2.81 bits per heavy atom. The molecule has 0 bridgehead atoms. The molecule has 1 amide bonds. The second-order valence-corrected chi connectivity index (χ2v) is 6.61. The van der Waals surface area contributed by atoms with Gasteiger partial charge in [0.05, 0.1) is 11.9 Å². The van der Waals surface area contributed by atoms with Gasteiger partial charge in [-0.15, -0.1) is 0 Å². The molecule has 1 aliphatic heterocycles. The minimum Gasteiger partial charge on any atom is -0.337 e. The fourth-order valence-electron chi connectivity index (χ4n) is 3.47. The Morgan fingerprint density at radius 2 is 2.00 bits per heavy atom. The number of carbonyl (C=O) groups excluding carboxylic acids is 1. The van der Waals surface area contributed by atoms with E-state index in [1.807, 2.05) is 18.2 Å². The van der Waals surface area contributed by atoms with Gasteiger partial charge >= 0.3 is 0 Å². The molecule has 6 heteroatoms. The van der Waals surface area contributed by atoms with Crippen molar-refractivity contribution in [3.05, 3.63) is 78.3 Å².